The van der Waals surface area contributed by atoms with Gasteiger partial charge in [-0.15, -0.1) is 0 Å². The summed E-state index contributed by atoms with van der Waals surface area (Å²) in [5.41, 5.74) is 0.138. The van der Waals surface area contributed by atoms with Crippen molar-refractivity contribution in [2.45, 2.75) is 49.5 Å². The normalized spacial score (nSPS) is 30.8. The fourth-order valence-corrected chi connectivity index (χ4v) is 5.81. The van der Waals surface area contributed by atoms with Crippen LogP contribution in [0.1, 0.15) is 49.4 Å². The van der Waals surface area contributed by atoms with Crippen molar-refractivity contribution in [3.05, 3.63) is 29.6 Å². The highest BCUT2D eigenvalue weighted by Gasteiger charge is 2.41. The Hall–Kier alpha value is -1.23. The van der Waals surface area contributed by atoms with E-state index in [0.717, 1.165) is 19.3 Å². The molecule has 2 fully saturated rings. The van der Waals surface area contributed by atoms with Crippen molar-refractivity contribution < 1.29 is 18.1 Å². The molecular weight excluding hydrogens is 303 g/mol. The molecule has 2 heterocycles. The molecule has 0 amide bonds. The van der Waals surface area contributed by atoms with Crippen LogP contribution < -0.4 is 4.74 Å². The number of ketones is 1. The van der Waals surface area contributed by atoms with E-state index in [1.165, 1.54) is 12.1 Å². The fourth-order valence-electron chi connectivity index (χ4n) is 3.62. The number of benzene rings is 1. The van der Waals surface area contributed by atoms with E-state index in [2.05, 4.69) is 0 Å². The summed E-state index contributed by atoms with van der Waals surface area (Å²) in [5.74, 6) is -0.416. The molecular formula is C17H21FO3S. The molecule has 1 aromatic carbocycles. The van der Waals surface area contributed by atoms with E-state index in [-0.39, 0.29) is 27.8 Å². The molecule has 3 nitrogen and oxygen atoms in total. The van der Waals surface area contributed by atoms with Crippen LogP contribution in [0.3, 0.4) is 0 Å². The maximum atomic E-state index is 14.2. The minimum atomic E-state index is -0.807. The first-order chi connectivity index (χ1) is 10.6. The second kappa shape index (κ2) is 6.49. The Labute approximate surface area is 132 Å². The van der Waals surface area contributed by atoms with Gasteiger partial charge in [-0.2, -0.15) is 0 Å². The van der Waals surface area contributed by atoms with Crippen molar-refractivity contribution in [2.75, 3.05) is 6.61 Å². The van der Waals surface area contributed by atoms with Gasteiger partial charge in [0.1, 0.15) is 11.6 Å². The van der Waals surface area contributed by atoms with Crippen LogP contribution in [0.2, 0.25) is 0 Å². The zero-order valence-electron chi connectivity index (χ0n) is 12.7. The van der Waals surface area contributed by atoms with Gasteiger partial charge in [-0.1, -0.05) is 6.42 Å². The predicted molar refractivity (Wildman–Crippen MR) is 84.2 cm³/mol. The summed E-state index contributed by atoms with van der Waals surface area (Å²) in [5, 5.41) is 0.236. The Balaban J connectivity index is 1.78. The lowest BCUT2D eigenvalue weighted by molar-refractivity contribution is 0.0891. The van der Waals surface area contributed by atoms with E-state index in [9.17, 15) is 13.4 Å². The molecule has 2 saturated heterocycles. The summed E-state index contributed by atoms with van der Waals surface area (Å²) >= 11 is 0. The molecule has 5 heteroatoms. The lowest BCUT2D eigenvalue weighted by Crippen LogP contribution is -2.41. The molecule has 1 aromatic rings. The molecule has 2 bridgehead atoms. The Morgan fingerprint density at radius 3 is 2.59 bits per heavy atom. The summed E-state index contributed by atoms with van der Waals surface area (Å²) in [4.78, 5) is 12.6. The minimum absolute atomic E-state index is 0.118. The number of rotatable bonds is 4. The van der Waals surface area contributed by atoms with Gasteiger partial charge in [0.2, 0.25) is 0 Å². The van der Waals surface area contributed by atoms with E-state index in [1.54, 1.807) is 6.07 Å². The van der Waals surface area contributed by atoms with Crippen molar-refractivity contribution in [1.29, 1.82) is 0 Å². The number of ether oxygens (including phenoxy) is 1. The Morgan fingerprint density at radius 1 is 1.32 bits per heavy atom. The van der Waals surface area contributed by atoms with Crippen LogP contribution in [0.25, 0.3) is 0 Å². The third kappa shape index (κ3) is 2.96. The van der Waals surface area contributed by atoms with Crippen LogP contribution >= 0.6 is 0 Å². The smallest absolute Gasteiger partial charge is 0.168 e. The van der Waals surface area contributed by atoms with E-state index < -0.39 is 16.6 Å². The van der Waals surface area contributed by atoms with Gasteiger partial charge in [0.15, 0.2) is 5.78 Å². The van der Waals surface area contributed by atoms with Gasteiger partial charge < -0.3 is 4.74 Å². The topological polar surface area (TPSA) is 43.4 Å². The fraction of sp³-hybridized carbons (Fsp3) is 0.588. The molecule has 0 radical (unpaired) electrons. The standard InChI is InChI=1S/C17H21FO3S/c1-2-21-12-6-7-15(16(18)10-12)17(19)11-8-13-4-3-5-14(9-11)22(13)20/h6-7,10-11,13-14H,2-5,8-9H2,1H3. The van der Waals surface area contributed by atoms with Crippen LogP contribution in [0.15, 0.2) is 18.2 Å². The SMILES string of the molecule is CCOc1ccc(C(=O)C2CC3CCCC(C2)S3=O)c(F)c1. The maximum absolute atomic E-state index is 14.2. The molecule has 2 aliphatic heterocycles. The molecule has 22 heavy (non-hydrogen) atoms. The average molecular weight is 324 g/mol. The first kappa shape index (κ1) is 15.7. The Morgan fingerprint density at radius 2 is 2.00 bits per heavy atom. The van der Waals surface area contributed by atoms with E-state index in [1.807, 2.05) is 6.92 Å². The molecule has 2 atom stereocenters. The van der Waals surface area contributed by atoms with Crippen molar-refractivity contribution in [2.24, 2.45) is 5.92 Å². The quantitative estimate of drug-likeness (QED) is 0.796. The highest BCUT2D eigenvalue weighted by molar-refractivity contribution is 7.86. The van der Waals surface area contributed by atoms with Gasteiger partial charge in [0, 0.05) is 33.3 Å². The van der Waals surface area contributed by atoms with Crippen LogP contribution in [-0.4, -0.2) is 27.1 Å². The molecule has 2 unspecified atom stereocenters. The van der Waals surface area contributed by atoms with Crippen LogP contribution in [-0.2, 0) is 10.8 Å². The zero-order chi connectivity index (χ0) is 15.7. The van der Waals surface area contributed by atoms with E-state index >= 15 is 0 Å². The van der Waals surface area contributed by atoms with Crippen molar-refractivity contribution in [3.63, 3.8) is 0 Å². The lowest BCUT2D eigenvalue weighted by Gasteiger charge is -2.37. The minimum Gasteiger partial charge on any atom is -0.494 e. The van der Waals surface area contributed by atoms with Gasteiger partial charge in [0.05, 0.1) is 12.2 Å². The number of hydrogen-bond donors (Lipinski definition) is 0. The van der Waals surface area contributed by atoms with E-state index in [4.69, 9.17) is 4.74 Å². The summed E-state index contributed by atoms with van der Waals surface area (Å²) in [6, 6.07) is 4.43. The molecule has 0 aliphatic carbocycles. The van der Waals surface area contributed by atoms with Gasteiger partial charge in [-0.05, 0) is 44.7 Å². The second-order valence-corrected chi connectivity index (χ2v) is 8.10. The number of carbonyl (C=O) groups is 1. The summed E-state index contributed by atoms with van der Waals surface area (Å²) < 4.78 is 31.6. The van der Waals surface area contributed by atoms with Crippen LogP contribution in [0, 0.1) is 11.7 Å². The largest absolute Gasteiger partial charge is 0.494 e. The molecule has 0 saturated carbocycles. The highest BCUT2D eigenvalue weighted by atomic mass is 32.2. The lowest BCUT2D eigenvalue weighted by atomic mass is 9.84. The molecule has 3 rings (SSSR count). The third-order valence-corrected chi connectivity index (χ3v) is 6.86. The van der Waals surface area contributed by atoms with Crippen molar-refractivity contribution in [3.8, 4) is 5.75 Å². The average Bonchev–Trinajstić information content (AvgIpc) is 2.47. The highest BCUT2D eigenvalue weighted by Crippen LogP contribution is 2.38. The molecule has 0 spiro atoms. The molecule has 0 aromatic heterocycles. The predicted octanol–water partition coefficient (Wildman–Crippen LogP) is 3.49. The van der Waals surface area contributed by atoms with Crippen molar-refractivity contribution in [1.82, 2.24) is 0 Å². The first-order valence-electron chi connectivity index (χ1n) is 7.96. The summed E-state index contributed by atoms with van der Waals surface area (Å²) in [7, 11) is -0.807. The van der Waals surface area contributed by atoms with Gasteiger partial charge >= 0.3 is 0 Å². The maximum Gasteiger partial charge on any atom is 0.168 e. The second-order valence-electron chi connectivity index (χ2n) is 6.11. The number of Topliss-reactive ketones (excluding diaryl/α,β-unsaturated/α-hetero) is 1. The molecule has 2 aliphatic rings. The zero-order valence-corrected chi connectivity index (χ0v) is 13.5. The number of hydrogen-bond acceptors (Lipinski definition) is 3. The van der Waals surface area contributed by atoms with Crippen LogP contribution in [0.4, 0.5) is 4.39 Å². The van der Waals surface area contributed by atoms with Crippen LogP contribution in [0.5, 0.6) is 5.75 Å². The van der Waals surface area contributed by atoms with Gasteiger partial charge in [-0.3, -0.25) is 9.00 Å². The Bertz CT molecular complexity index is 586. The van der Waals surface area contributed by atoms with Crippen molar-refractivity contribution >= 4 is 16.6 Å². The monoisotopic (exact) mass is 324 g/mol. The first-order valence-corrected chi connectivity index (χ1v) is 9.23. The number of halogens is 1. The number of carbonyl (C=O) groups excluding carboxylic acids is 1. The molecule has 0 N–H and O–H groups in total. The summed E-state index contributed by atoms with van der Waals surface area (Å²) in [6.45, 7) is 2.29. The van der Waals surface area contributed by atoms with E-state index in [0.29, 0.717) is 25.2 Å². The molecule has 120 valence electrons. The van der Waals surface area contributed by atoms with Gasteiger partial charge in [-0.25, -0.2) is 4.39 Å². The summed E-state index contributed by atoms with van der Waals surface area (Å²) in [6.07, 6.45) is 4.22. The Kier molecular flexibility index (Phi) is 4.62. The van der Waals surface area contributed by atoms with Gasteiger partial charge in [0.25, 0.3) is 0 Å². The number of fused-ring (bicyclic) bond motifs is 2. The third-order valence-electron chi connectivity index (χ3n) is 4.69.